The van der Waals surface area contributed by atoms with E-state index >= 15 is 0 Å². The molecule has 1 amide bonds. The van der Waals surface area contributed by atoms with E-state index in [1.54, 1.807) is 0 Å². The van der Waals surface area contributed by atoms with Gasteiger partial charge in [0, 0.05) is 37.3 Å². The van der Waals surface area contributed by atoms with Gasteiger partial charge in [0.05, 0.1) is 28.6 Å². The quantitative estimate of drug-likeness (QED) is 0.718. The molecule has 2 aliphatic heterocycles. The van der Waals surface area contributed by atoms with Crippen molar-refractivity contribution in [1.29, 1.82) is 0 Å². The van der Waals surface area contributed by atoms with E-state index in [9.17, 15) is 4.79 Å². The number of nitrogens with one attached hydrogen (secondary N) is 2. The minimum absolute atomic E-state index is 0.0381. The number of piperidine rings is 1. The number of aryl methyl sites for hydroxylation is 1. The molecule has 2 N–H and O–H groups in total. The maximum atomic E-state index is 13.1. The Morgan fingerprint density at radius 3 is 2.86 bits per heavy atom. The number of fused-ring (bicyclic) bond motifs is 3. The number of rotatable bonds is 2. The summed E-state index contributed by atoms with van der Waals surface area (Å²) in [6.07, 6.45) is 4.70. The van der Waals surface area contributed by atoms with Crippen LogP contribution in [0.3, 0.4) is 0 Å². The van der Waals surface area contributed by atoms with E-state index in [2.05, 4.69) is 31.8 Å². The molecule has 2 aliphatic rings. The zero-order valence-corrected chi connectivity index (χ0v) is 16.5. The summed E-state index contributed by atoms with van der Waals surface area (Å²) in [5.41, 5.74) is 4.97. The number of nitrogens with zero attached hydrogens (tertiary/aromatic N) is 4. The van der Waals surface area contributed by atoms with E-state index in [-0.39, 0.29) is 11.4 Å². The number of hydrogen-bond donors (Lipinski definition) is 2. The van der Waals surface area contributed by atoms with E-state index in [4.69, 9.17) is 0 Å². The number of hydrogen-bond acceptors (Lipinski definition) is 4. The molecule has 7 heteroatoms. The average molecular weight is 378 g/mol. The first-order valence-electron chi connectivity index (χ1n) is 10.1. The number of imidazole rings is 2. The number of likely N-dealkylation sites (N-methyl/N-ethyl adjacent to an activating group) is 1. The molecule has 1 aromatic carbocycles. The molecular weight excluding hydrogens is 352 g/mol. The molecule has 146 valence electrons. The summed E-state index contributed by atoms with van der Waals surface area (Å²) in [7, 11) is 0. The maximum absolute atomic E-state index is 13.1. The van der Waals surface area contributed by atoms with Crippen LogP contribution in [0.5, 0.6) is 0 Å². The first kappa shape index (κ1) is 17.4. The third kappa shape index (κ3) is 2.57. The van der Waals surface area contributed by atoms with Gasteiger partial charge in [-0.05, 0) is 44.5 Å². The van der Waals surface area contributed by atoms with Crippen molar-refractivity contribution in [2.24, 2.45) is 0 Å². The fourth-order valence-electron chi connectivity index (χ4n) is 5.07. The summed E-state index contributed by atoms with van der Waals surface area (Å²) in [6, 6.07) is 5.74. The molecule has 0 unspecified atom stereocenters. The molecule has 4 heterocycles. The summed E-state index contributed by atoms with van der Waals surface area (Å²) in [6.45, 7) is 7.71. The van der Waals surface area contributed by atoms with E-state index in [0.717, 1.165) is 67.9 Å². The van der Waals surface area contributed by atoms with Gasteiger partial charge in [-0.25, -0.2) is 9.97 Å². The zero-order chi connectivity index (χ0) is 19.3. The second kappa shape index (κ2) is 6.44. The standard InChI is InChI=1S/C21H26N6O/c1-3-27-9-6-17-19(23-13-22-17)21(27)7-10-26(11-8-21)20(28)15-4-5-16-18(12-15)25-14(2)24-16/h4-5,12-13H,3,6-11H2,1-2H3,(H,22,23)(H,24,25). The van der Waals surface area contributed by atoms with Crippen molar-refractivity contribution >= 4 is 16.9 Å². The summed E-state index contributed by atoms with van der Waals surface area (Å²) in [5.74, 6) is 0.969. The van der Waals surface area contributed by atoms with Crippen LogP contribution in [0.2, 0.25) is 0 Å². The predicted octanol–water partition coefficient (Wildman–Crippen LogP) is 2.60. The van der Waals surface area contributed by atoms with Gasteiger partial charge < -0.3 is 14.9 Å². The van der Waals surface area contributed by atoms with E-state index in [1.807, 2.05) is 36.4 Å². The number of amides is 1. The smallest absolute Gasteiger partial charge is 0.253 e. The lowest BCUT2D eigenvalue weighted by atomic mass is 9.78. The van der Waals surface area contributed by atoms with Crippen LogP contribution in [0, 0.1) is 6.92 Å². The van der Waals surface area contributed by atoms with Gasteiger partial charge in [-0.3, -0.25) is 9.69 Å². The molecule has 5 rings (SSSR count). The Bertz CT molecular complexity index is 1030. The Balaban J connectivity index is 1.38. The van der Waals surface area contributed by atoms with Crippen LogP contribution in [0.4, 0.5) is 0 Å². The number of H-pyrrole nitrogens is 2. The average Bonchev–Trinajstić information content (AvgIpc) is 3.34. The van der Waals surface area contributed by atoms with Gasteiger partial charge in [-0.2, -0.15) is 0 Å². The molecule has 0 bridgehead atoms. The minimum atomic E-state index is -0.0381. The Morgan fingerprint density at radius 2 is 2.07 bits per heavy atom. The third-order valence-corrected chi connectivity index (χ3v) is 6.50. The van der Waals surface area contributed by atoms with Crippen LogP contribution in [-0.4, -0.2) is 61.8 Å². The monoisotopic (exact) mass is 378 g/mol. The minimum Gasteiger partial charge on any atom is -0.348 e. The van der Waals surface area contributed by atoms with Gasteiger partial charge in [0.25, 0.3) is 5.91 Å². The first-order valence-corrected chi connectivity index (χ1v) is 10.1. The van der Waals surface area contributed by atoms with Gasteiger partial charge in [0.1, 0.15) is 5.82 Å². The van der Waals surface area contributed by atoms with Gasteiger partial charge in [0.15, 0.2) is 0 Å². The molecule has 1 fully saturated rings. The van der Waals surface area contributed by atoms with Crippen molar-refractivity contribution in [3.8, 4) is 0 Å². The molecule has 7 nitrogen and oxygen atoms in total. The van der Waals surface area contributed by atoms with Gasteiger partial charge in [-0.1, -0.05) is 6.92 Å². The zero-order valence-electron chi connectivity index (χ0n) is 16.5. The fraction of sp³-hybridized carbons (Fsp3) is 0.476. The number of likely N-dealkylation sites (tertiary alicyclic amines) is 1. The highest BCUT2D eigenvalue weighted by Crippen LogP contribution is 2.42. The number of carbonyl (C=O) groups excluding carboxylic acids is 1. The second-order valence-electron chi connectivity index (χ2n) is 7.94. The van der Waals surface area contributed by atoms with Crippen LogP contribution in [0.15, 0.2) is 24.5 Å². The molecule has 0 radical (unpaired) electrons. The molecule has 0 aliphatic carbocycles. The molecule has 28 heavy (non-hydrogen) atoms. The molecule has 3 aromatic rings. The van der Waals surface area contributed by atoms with Crippen LogP contribution >= 0.6 is 0 Å². The Labute approximate surface area is 164 Å². The fourth-order valence-corrected chi connectivity index (χ4v) is 5.07. The number of benzene rings is 1. The van der Waals surface area contributed by atoms with E-state index in [0.29, 0.717) is 0 Å². The highest BCUT2D eigenvalue weighted by molar-refractivity contribution is 5.97. The van der Waals surface area contributed by atoms with Crippen LogP contribution in [-0.2, 0) is 12.0 Å². The summed E-state index contributed by atoms with van der Waals surface area (Å²) >= 11 is 0. The first-order chi connectivity index (χ1) is 13.6. The normalized spacial score (nSPS) is 19.3. The lowest BCUT2D eigenvalue weighted by molar-refractivity contribution is 0.0103. The number of carbonyl (C=O) groups is 1. The molecule has 0 saturated carbocycles. The highest BCUT2D eigenvalue weighted by atomic mass is 16.2. The molecule has 1 saturated heterocycles. The summed E-state index contributed by atoms with van der Waals surface area (Å²) < 4.78 is 0. The molecule has 2 aromatic heterocycles. The van der Waals surface area contributed by atoms with Crippen molar-refractivity contribution in [2.75, 3.05) is 26.2 Å². The topological polar surface area (TPSA) is 80.9 Å². The second-order valence-corrected chi connectivity index (χ2v) is 7.94. The van der Waals surface area contributed by atoms with Crippen molar-refractivity contribution in [2.45, 2.75) is 38.6 Å². The van der Waals surface area contributed by atoms with Crippen molar-refractivity contribution in [3.63, 3.8) is 0 Å². The predicted molar refractivity (Wildman–Crippen MR) is 107 cm³/mol. The summed E-state index contributed by atoms with van der Waals surface area (Å²) in [5, 5.41) is 0. The van der Waals surface area contributed by atoms with Gasteiger partial charge in [-0.15, -0.1) is 0 Å². The van der Waals surface area contributed by atoms with E-state index < -0.39 is 0 Å². The van der Waals surface area contributed by atoms with Gasteiger partial charge >= 0.3 is 0 Å². The number of aromatic amines is 2. The van der Waals surface area contributed by atoms with Crippen molar-refractivity contribution in [3.05, 3.63) is 47.3 Å². The Hall–Kier alpha value is -2.67. The lowest BCUT2D eigenvalue weighted by Gasteiger charge is -2.50. The largest absolute Gasteiger partial charge is 0.348 e. The van der Waals surface area contributed by atoms with Crippen molar-refractivity contribution in [1.82, 2.24) is 29.7 Å². The van der Waals surface area contributed by atoms with E-state index in [1.165, 1.54) is 11.4 Å². The number of aromatic nitrogens is 4. The van der Waals surface area contributed by atoms with Gasteiger partial charge in [0.2, 0.25) is 0 Å². The third-order valence-electron chi connectivity index (χ3n) is 6.50. The molecule has 1 spiro atoms. The Kier molecular flexibility index (Phi) is 4.01. The lowest BCUT2D eigenvalue weighted by Crippen LogP contribution is -2.57. The SMILES string of the molecule is CCN1CCc2[nH]cnc2C12CCN(C(=O)c1ccc3nc(C)[nH]c3c1)CC2. The van der Waals surface area contributed by atoms with Crippen LogP contribution in [0.25, 0.3) is 11.0 Å². The van der Waals surface area contributed by atoms with Crippen molar-refractivity contribution < 1.29 is 4.79 Å². The highest BCUT2D eigenvalue weighted by Gasteiger charge is 2.46. The molecular formula is C21H26N6O. The Morgan fingerprint density at radius 1 is 1.25 bits per heavy atom. The molecule has 0 atom stereocenters. The van der Waals surface area contributed by atoms with Crippen LogP contribution < -0.4 is 0 Å². The van der Waals surface area contributed by atoms with Crippen LogP contribution in [0.1, 0.15) is 47.3 Å². The maximum Gasteiger partial charge on any atom is 0.253 e. The summed E-state index contributed by atoms with van der Waals surface area (Å²) in [4.78, 5) is 33.3.